The molecule has 1 saturated heterocycles. The van der Waals surface area contributed by atoms with Crippen LogP contribution in [-0.4, -0.2) is 58.8 Å². The summed E-state index contributed by atoms with van der Waals surface area (Å²) in [4.78, 5) is 31.4. The predicted octanol–water partition coefficient (Wildman–Crippen LogP) is -0.302. The molecule has 0 aliphatic carbocycles. The number of hydrogen-bond donors (Lipinski definition) is 1. The summed E-state index contributed by atoms with van der Waals surface area (Å²) in [6.45, 7) is 7.01. The monoisotopic (exact) mass is 355 g/mol. The van der Waals surface area contributed by atoms with E-state index in [1.807, 2.05) is 18.7 Å². The Balaban J connectivity index is 0.00000182. The number of carbonyl (C=O) groups is 2. The van der Waals surface area contributed by atoms with Crippen molar-refractivity contribution in [3.63, 3.8) is 0 Å². The summed E-state index contributed by atoms with van der Waals surface area (Å²) in [5, 5.41) is 9.30. The van der Waals surface area contributed by atoms with E-state index < -0.39 is 5.97 Å². The Labute approximate surface area is 164 Å². The normalized spacial score (nSPS) is 20.0. The van der Waals surface area contributed by atoms with E-state index in [1.54, 1.807) is 24.0 Å². The number of ether oxygens (including phenoxy) is 1. The van der Waals surface area contributed by atoms with E-state index in [1.165, 1.54) is 6.07 Å². The molecule has 0 saturated carbocycles. The van der Waals surface area contributed by atoms with Gasteiger partial charge in [-0.25, -0.2) is 9.59 Å². The van der Waals surface area contributed by atoms with E-state index in [0.29, 0.717) is 36.8 Å². The minimum atomic E-state index is -1.04. The standard InChI is InChI=1S/C17H21N3O5.Li.H/c1-4-24-17(23)19-8-10(2)20(11(3)9-19)16-18-14-12(15(21)22)6-5-7-13(14)25-16;;/h5-7,10-11H,4,8-9H2,1-3H3,(H,21,22);;/q;+1;-1. The Morgan fingerprint density at radius 3 is 2.58 bits per heavy atom. The Bertz CT molecular complexity index is 803. The van der Waals surface area contributed by atoms with Crippen molar-refractivity contribution in [3.05, 3.63) is 23.8 Å². The number of fused-ring (bicyclic) bond motifs is 1. The summed E-state index contributed by atoms with van der Waals surface area (Å²) in [5.41, 5.74) is 0.873. The summed E-state index contributed by atoms with van der Waals surface area (Å²) in [6.07, 6.45) is -0.327. The van der Waals surface area contributed by atoms with Gasteiger partial charge in [-0.2, -0.15) is 4.98 Å². The quantitative estimate of drug-likeness (QED) is 0.755. The number of oxazole rings is 1. The number of rotatable bonds is 3. The van der Waals surface area contributed by atoms with Gasteiger partial charge in [-0.05, 0) is 32.9 Å². The molecule has 2 aromatic rings. The van der Waals surface area contributed by atoms with E-state index in [4.69, 9.17) is 9.15 Å². The molecule has 1 N–H and O–H groups in total. The van der Waals surface area contributed by atoms with Gasteiger partial charge >= 0.3 is 30.9 Å². The largest absolute Gasteiger partial charge is 1.00 e. The number of aromatic carboxylic acids is 1. The molecule has 2 heterocycles. The van der Waals surface area contributed by atoms with Crippen molar-refractivity contribution < 1.29 is 44.1 Å². The number of para-hydroxylation sites is 1. The first-order chi connectivity index (χ1) is 11.9. The fourth-order valence-electron chi connectivity index (χ4n) is 3.28. The predicted molar refractivity (Wildman–Crippen MR) is 92.1 cm³/mol. The molecule has 3 rings (SSSR count). The van der Waals surface area contributed by atoms with Crippen molar-refractivity contribution in [2.75, 3.05) is 24.6 Å². The van der Waals surface area contributed by atoms with E-state index in [0.717, 1.165) is 0 Å². The maximum Gasteiger partial charge on any atom is 1.00 e. The van der Waals surface area contributed by atoms with Gasteiger partial charge in [-0.3, -0.25) is 0 Å². The van der Waals surface area contributed by atoms with Gasteiger partial charge in [-0.1, -0.05) is 6.07 Å². The fraction of sp³-hybridized carbons (Fsp3) is 0.471. The van der Waals surface area contributed by atoms with Crippen molar-refractivity contribution in [1.82, 2.24) is 9.88 Å². The molecular formula is C17H22LiN3O5. The maximum atomic E-state index is 12.0. The molecule has 1 fully saturated rings. The molecule has 2 atom stereocenters. The van der Waals surface area contributed by atoms with Crippen LogP contribution in [0.3, 0.4) is 0 Å². The molecule has 0 radical (unpaired) electrons. The third kappa shape index (κ3) is 3.67. The first-order valence-corrected chi connectivity index (χ1v) is 8.25. The molecule has 0 spiro atoms. The molecular weight excluding hydrogens is 333 g/mol. The van der Waals surface area contributed by atoms with E-state index in [2.05, 4.69) is 4.98 Å². The molecule has 1 aromatic carbocycles. The van der Waals surface area contributed by atoms with Crippen LogP contribution < -0.4 is 23.8 Å². The van der Waals surface area contributed by atoms with Crippen LogP contribution in [0.15, 0.2) is 22.6 Å². The van der Waals surface area contributed by atoms with E-state index >= 15 is 0 Å². The number of amides is 1. The van der Waals surface area contributed by atoms with Crippen molar-refractivity contribution in [3.8, 4) is 0 Å². The minimum absolute atomic E-state index is 0. The Morgan fingerprint density at radius 2 is 2.00 bits per heavy atom. The Hall–Kier alpha value is -2.17. The molecule has 136 valence electrons. The molecule has 1 aromatic heterocycles. The van der Waals surface area contributed by atoms with Gasteiger partial charge in [0.05, 0.1) is 12.2 Å². The maximum absolute atomic E-state index is 12.0. The first kappa shape index (κ1) is 20.1. The topological polar surface area (TPSA) is 96.1 Å². The molecule has 2 unspecified atom stereocenters. The van der Waals surface area contributed by atoms with E-state index in [9.17, 15) is 14.7 Å². The number of carboxylic acid groups (broad SMARTS) is 1. The van der Waals surface area contributed by atoms with Crippen LogP contribution in [0.2, 0.25) is 0 Å². The van der Waals surface area contributed by atoms with Gasteiger partial charge in [0, 0.05) is 25.2 Å². The van der Waals surface area contributed by atoms with Gasteiger partial charge in [0.2, 0.25) is 0 Å². The van der Waals surface area contributed by atoms with Crippen molar-refractivity contribution in [2.24, 2.45) is 0 Å². The second kappa shape index (κ2) is 8.02. The van der Waals surface area contributed by atoms with Crippen LogP contribution in [0.5, 0.6) is 0 Å². The fourth-order valence-corrected chi connectivity index (χ4v) is 3.28. The molecule has 1 amide bonds. The second-order valence-corrected chi connectivity index (χ2v) is 6.16. The number of hydrogen-bond acceptors (Lipinski definition) is 6. The molecule has 0 bridgehead atoms. The number of nitrogens with zero attached hydrogens (tertiary/aromatic N) is 3. The SMILES string of the molecule is CCOC(=O)N1CC(C)N(c2nc3c(C(=O)O)cccc3o2)C(C)C1.[H-].[Li+]. The van der Waals surface area contributed by atoms with Crippen LogP contribution >= 0.6 is 0 Å². The average molecular weight is 355 g/mol. The summed E-state index contributed by atoms with van der Waals surface area (Å²) >= 11 is 0. The molecule has 1 aliphatic rings. The van der Waals surface area contributed by atoms with Gasteiger partial charge in [-0.15, -0.1) is 0 Å². The smallest absolute Gasteiger partial charge is 1.00 e. The summed E-state index contributed by atoms with van der Waals surface area (Å²) in [6, 6.07) is 5.10. The number of carboxylic acids is 1. The van der Waals surface area contributed by atoms with Crippen molar-refractivity contribution >= 4 is 29.2 Å². The summed E-state index contributed by atoms with van der Waals surface area (Å²) in [7, 11) is 0. The molecule has 1 aliphatic heterocycles. The molecule has 8 nitrogen and oxygen atoms in total. The van der Waals surface area contributed by atoms with Gasteiger partial charge in [0.15, 0.2) is 5.58 Å². The Morgan fingerprint density at radius 1 is 1.35 bits per heavy atom. The number of anilines is 1. The van der Waals surface area contributed by atoms with E-state index in [-0.39, 0.29) is 44.0 Å². The summed E-state index contributed by atoms with van der Waals surface area (Å²) in [5.74, 6) is -1.04. The van der Waals surface area contributed by atoms with Crippen LogP contribution in [0.25, 0.3) is 11.1 Å². The number of aromatic nitrogens is 1. The van der Waals surface area contributed by atoms with Gasteiger partial charge < -0.3 is 25.5 Å². The molecule has 26 heavy (non-hydrogen) atoms. The Kier molecular flexibility index (Phi) is 6.21. The van der Waals surface area contributed by atoms with Crippen LogP contribution in [0.1, 0.15) is 32.6 Å². The zero-order valence-electron chi connectivity index (χ0n) is 16.4. The average Bonchev–Trinajstić information content (AvgIpc) is 2.97. The van der Waals surface area contributed by atoms with Crippen molar-refractivity contribution in [2.45, 2.75) is 32.9 Å². The minimum Gasteiger partial charge on any atom is -1.00 e. The second-order valence-electron chi connectivity index (χ2n) is 6.16. The third-order valence-corrected chi connectivity index (χ3v) is 4.30. The number of piperazine rings is 1. The molecule has 9 heteroatoms. The van der Waals surface area contributed by atoms with Crippen LogP contribution in [0, 0.1) is 0 Å². The number of benzene rings is 1. The zero-order chi connectivity index (χ0) is 18.1. The van der Waals surface area contributed by atoms with Gasteiger partial charge in [0.25, 0.3) is 6.01 Å². The van der Waals surface area contributed by atoms with Gasteiger partial charge in [0.1, 0.15) is 5.52 Å². The summed E-state index contributed by atoms with van der Waals surface area (Å²) < 4.78 is 10.9. The first-order valence-electron chi connectivity index (χ1n) is 8.25. The van der Waals surface area contributed by atoms with Crippen LogP contribution in [-0.2, 0) is 4.74 Å². The van der Waals surface area contributed by atoms with Crippen LogP contribution in [0.4, 0.5) is 10.8 Å². The third-order valence-electron chi connectivity index (χ3n) is 4.30. The zero-order valence-corrected chi connectivity index (χ0v) is 15.4. The number of carbonyl (C=O) groups excluding carboxylic acids is 1. The van der Waals surface area contributed by atoms with Crippen molar-refractivity contribution in [1.29, 1.82) is 0 Å².